The third-order valence-corrected chi connectivity index (χ3v) is 2.63. The summed E-state index contributed by atoms with van der Waals surface area (Å²) in [5.74, 6) is 0. The fourth-order valence-electron chi connectivity index (χ4n) is 1.75. The van der Waals surface area contributed by atoms with E-state index < -0.39 is 0 Å². The highest BCUT2D eigenvalue weighted by Crippen LogP contribution is 2.12. The molecule has 1 aromatic rings. The molecule has 0 unspecified atom stereocenters. The highest BCUT2D eigenvalue weighted by molar-refractivity contribution is 5.18. The molecule has 0 aliphatic carbocycles. The second kappa shape index (κ2) is 6.59. The van der Waals surface area contributed by atoms with E-state index in [-0.39, 0.29) is 6.61 Å². The van der Waals surface area contributed by atoms with Crippen molar-refractivity contribution in [2.75, 3.05) is 6.61 Å². The maximum atomic E-state index is 8.74. The molecule has 0 amide bonds. The molecule has 0 radical (unpaired) electrons. The summed E-state index contributed by atoms with van der Waals surface area (Å²) in [4.78, 5) is 0. The van der Waals surface area contributed by atoms with Crippen LogP contribution in [0, 0.1) is 0 Å². The summed E-state index contributed by atoms with van der Waals surface area (Å²) in [5, 5.41) is 12.3. The van der Waals surface area contributed by atoms with Gasteiger partial charge in [0, 0.05) is 18.7 Å². The zero-order chi connectivity index (χ0) is 11.1. The molecule has 0 aliphatic heterocycles. The Labute approximate surface area is 92.3 Å². The average Bonchev–Trinajstić information content (AvgIpc) is 2.27. The number of aliphatic hydroxyl groups excluding tert-OH is 1. The van der Waals surface area contributed by atoms with Crippen LogP contribution in [-0.4, -0.2) is 17.8 Å². The Hall–Kier alpha value is -0.860. The maximum absolute atomic E-state index is 8.74. The van der Waals surface area contributed by atoms with Gasteiger partial charge >= 0.3 is 0 Å². The molecule has 1 rings (SSSR count). The van der Waals surface area contributed by atoms with Crippen molar-refractivity contribution < 1.29 is 5.11 Å². The van der Waals surface area contributed by atoms with Gasteiger partial charge in [0.2, 0.25) is 0 Å². The van der Waals surface area contributed by atoms with Crippen molar-refractivity contribution in [1.29, 1.82) is 0 Å². The Morgan fingerprint density at radius 3 is 2.47 bits per heavy atom. The lowest BCUT2D eigenvalue weighted by Gasteiger charge is -2.20. The van der Waals surface area contributed by atoms with Gasteiger partial charge in [-0.1, -0.05) is 30.3 Å². The van der Waals surface area contributed by atoms with Crippen LogP contribution in [0.15, 0.2) is 30.3 Å². The number of aliphatic hydroxyl groups is 1. The summed E-state index contributed by atoms with van der Waals surface area (Å²) in [6, 6.07) is 11.3. The van der Waals surface area contributed by atoms with E-state index in [1.807, 2.05) is 6.07 Å². The minimum absolute atomic E-state index is 0.283. The molecular weight excluding hydrogens is 186 g/mol. The average molecular weight is 207 g/mol. The first-order valence-corrected chi connectivity index (χ1v) is 5.66. The largest absolute Gasteiger partial charge is 0.396 e. The minimum atomic E-state index is 0.283. The smallest absolute Gasteiger partial charge is 0.0431 e. The normalized spacial score (nSPS) is 14.9. The standard InChI is InChI=1S/C13H21NO/c1-11(7-6-10-15)14-12(2)13-8-4-3-5-9-13/h3-5,8-9,11-12,14-15H,6-7,10H2,1-2H3/t11-,12+/m1/s1. The van der Waals surface area contributed by atoms with Crippen LogP contribution in [0.3, 0.4) is 0 Å². The zero-order valence-corrected chi connectivity index (χ0v) is 9.61. The first kappa shape index (κ1) is 12.2. The Morgan fingerprint density at radius 1 is 1.20 bits per heavy atom. The van der Waals surface area contributed by atoms with E-state index in [0.717, 1.165) is 12.8 Å². The lowest BCUT2D eigenvalue weighted by molar-refractivity contribution is 0.274. The SMILES string of the molecule is C[C@H](CCCO)N[C@@H](C)c1ccccc1. The van der Waals surface area contributed by atoms with Gasteiger partial charge in [0.15, 0.2) is 0 Å². The predicted molar refractivity (Wildman–Crippen MR) is 63.8 cm³/mol. The molecule has 0 saturated heterocycles. The van der Waals surface area contributed by atoms with Gasteiger partial charge in [-0.25, -0.2) is 0 Å². The Bertz CT molecular complexity index is 260. The van der Waals surface area contributed by atoms with E-state index in [1.165, 1.54) is 5.56 Å². The van der Waals surface area contributed by atoms with Gasteiger partial charge in [0.05, 0.1) is 0 Å². The van der Waals surface area contributed by atoms with E-state index in [9.17, 15) is 0 Å². The number of hydrogen-bond acceptors (Lipinski definition) is 2. The number of rotatable bonds is 6. The molecule has 0 bridgehead atoms. The Balaban J connectivity index is 2.38. The number of hydrogen-bond donors (Lipinski definition) is 2. The van der Waals surface area contributed by atoms with Gasteiger partial charge < -0.3 is 10.4 Å². The summed E-state index contributed by atoms with van der Waals surface area (Å²) in [5.41, 5.74) is 1.31. The zero-order valence-electron chi connectivity index (χ0n) is 9.61. The molecule has 0 aromatic heterocycles. The highest BCUT2D eigenvalue weighted by atomic mass is 16.2. The monoisotopic (exact) mass is 207 g/mol. The molecule has 1 aromatic carbocycles. The van der Waals surface area contributed by atoms with Gasteiger partial charge in [-0.2, -0.15) is 0 Å². The lowest BCUT2D eigenvalue weighted by atomic mass is 10.1. The van der Waals surface area contributed by atoms with E-state index in [0.29, 0.717) is 12.1 Å². The van der Waals surface area contributed by atoms with Crippen LogP contribution in [0.4, 0.5) is 0 Å². The van der Waals surface area contributed by atoms with Gasteiger partial charge in [0.1, 0.15) is 0 Å². The van der Waals surface area contributed by atoms with Crippen LogP contribution in [-0.2, 0) is 0 Å². The second-order valence-electron chi connectivity index (χ2n) is 4.07. The van der Waals surface area contributed by atoms with E-state index >= 15 is 0 Å². The van der Waals surface area contributed by atoms with Crippen LogP contribution in [0.5, 0.6) is 0 Å². The van der Waals surface area contributed by atoms with Gasteiger partial charge in [0.25, 0.3) is 0 Å². The van der Waals surface area contributed by atoms with Crippen molar-refractivity contribution in [3.8, 4) is 0 Å². The summed E-state index contributed by atoms with van der Waals surface area (Å²) in [6.45, 7) is 4.62. The first-order valence-electron chi connectivity index (χ1n) is 5.66. The van der Waals surface area contributed by atoms with Crippen LogP contribution < -0.4 is 5.32 Å². The maximum Gasteiger partial charge on any atom is 0.0431 e. The second-order valence-corrected chi connectivity index (χ2v) is 4.07. The summed E-state index contributed by atoms with van der Waals surface area (Å²) >= 11 is 0. The molecule has 2 nitrogen and oxygen atoms in total. The molecule has 0 heterocycles. The molecule has 0 fully saturated rings. The van der Waals surface area contributed by atoms with Gasteiger partial charge in [-0.05, 0) is 32.3 Å². The van der Waals surface area contributed by atoms with Crippen LogP contribution >= 0.6 is 0 Å². The fourth-order valence-corrected chi connectivity index (χ4v) is 1.75. The molecule has 0 spiro atoms. The summed E-state index contributed by atoms with van der Waals surface area (Å²) in [7, 11) is 0. The van der Waals surface area contributed by atoms with E-state index in [1.54, 1.807) is 0 Å². The first-order chi connectivity index (χ1) is 7.24. The van der Waals surface area contributed by atoms with Crippen LogP contribution in [0.1, 0.15) is 38.3 Å². The van der Waals surface area contributed by atoms with Crippen LogP contribution in [0.25, 0.3) is 0 Å². The molecule has 15 heavy (non-hydrogen) atoms. The molecule has 0 saturated carbocycles. The van der Waals surface area contributed by atoms with E-state index in [4.69, 9.17) is 5.11 Å². The molecular formula is C13H21NO. The highest BCUT2D eigenvalue weighted by Gasteiger charge is 2.08. The topological polar surface area (TPSA) is 32.3 Å². The van der Waals surface area contributed by atoms with Crippen LogP contribution in [0.2, 0.25) is 0 Å². The van der Waals surface area contributed by atoms with Crippen molar-refractivity contribution >= 4 is 0 Å². The third-order valence-electron chi connectivity index (χ3n) is 2.63. The third kappa shape index (κ3) is 4.45. The molecule has 0 aliphatic rings. The van der Waals surface area contributed by atoms with Crippen molar-refractivity contribution in [2.45, 2.75) is 38.8 Å². The van der Waals surface area contributed by atoms with E-state index in [2.05, 4.69) is 43.4 Å². The minimum Gasteiger partial charge on any atom is -0.396 e. The number of benzene rings is 1. The van der Waals surface area contributed by atoms with Crippen molar-refractivity contribution in [2.24, 2.45) is 0 Å². The van der Waals surface area contributed by atoms with Crippen molar-refractivity contribution in [1.82, 2.24) is 5.32 Å². The molecule has 2 atom stereocenters. The lowest BCUT2D eigenvalue weighted by Crippen LogP contribution is -2.29. The summed E-state index contributed by atoms with van der Waals surface area (Å²) in [6.07, 6.45) is 1.89. The predicted octanol–water partition coefficient (Wildman–Crippen LogP) is 2.50. The van der Waals surface area contributed by atoms with Gasteiger partial charge in [-0.15, -0.1) is 0 Å². The van der Waals surface area contributed by atoms with Crippen molar-refractivity contribution in [3.05, 3.63) is 35.9 Å². The quantitative estimate of drug-likeness (QED) is 0.751. The Morgan fingerprint density at radius 2 is 1.87 bits per heavy atom. The molecule has 84 valence electrons. The number of nitrogens with one attached hydrogen (secondary N) is 1. The summed E-state index contributed by atoms with van der Waals surface area (Å²) < 4.78 is 0. The van der Waals surface area contributed by atoms with Crippen molar-refractivity contribution in [3.63, 3.8) is 0 Å². The Kier molecular flexibility index (Phi) is 5.37. The molecule has 2 N–H and O–H groups in total. The molecule has 2 heteroatoms. The fraction of sp³-hybridized carbons (Fsp3) is 0.538. The van der Waals surface area contributed by atoms with Gasteiger partial charge in [-0.3, -0.25) is 0 Å².